The molecule has 146 valence electrons. The molecular weight excluding hydrogens is 362 g/mol. The van der Waals surface area contributed by atoms with Crippen LogP contribution in [0.1, 0.15) is 16.9 Å². The van der Waals surface area contributed by atoms with Gasteiger partial charge in [-0.3, -0.25) is 4.99 Å². The fourth-order valence-electron chi connectivity index (χ4n) is 4.36. The van der Waals surface area contributed by atoms with Gasteiger partial charge < -0.3 is 20.2 Å². The minimum Gasteiger partial charge on any atom is -0.469 e. The number of rotatable bonds is 5. The van der Waals surface area contributed by atoms with Crippen molar-refractivity contribution < 1.29 is 9.52 Å². The van der Waals surface area contributed by atoms with E-state index in [-0.39, 0.29) is 6.04 Å². The Morgan fingerprint density at radius 3 is 2.41 bits per heavy atom. The molecule has 3 atom stereocenters. The van der Waals surface area contributed by atoms with Gasteiger partial charge in [0, 0.05) is 30.3 Å². The number of aliphatic hydroxyl groups is 1. The maximum atomic E-state index is 11.0. The molecule has 3 aromatic rings. The van der Waals surface area contributed by atoms with Gasteiger partial charge in [0.2, 0.25) is 0 Å². The summed E-state index contributed by atoms with van der Waals surface area (Å²) in [5.41, 5.74) is 9.88. The molecule has 2 aliphatic heterocycles. The first-order valence-corrected chi connectivity index (χ1v) is 9.80. The molecule has 0 radical (unpaired) electrons. The van der Waals surface area contributed by atoms with Gasteiger partial charge in [0.1, 0.15) is 12.0 Å². The molecule has 2 aromatic carbocycles. The first kappa shape index (κ1) is 17.9. The van der Waals surface area contributed by atoms with Crippen molar-refractivity contribution >= 4 is 11.4 Å². The zero-order valence-corrected chi connectivity index (χ0v) is 16.0. The zero-order valence-electron chi connectivity index (χ0n) is 16.0. The lowest BCUT2D eigenvalue weighted by molar-refractivity contribution is -0.142. The van der Waals surface area contributed by atoms with Gasteiger partial charge in [-0.05, 0) is 17.7 Å². The summed E-state index contributed by atoms with van der Waals surface area (Å²) in [7, 11) is 0. The largest absolute Gasteiger partial charge is 0.469 e. The predicted molar refractivity (Wildman–Crippen MR) is 113 cm³/mol. The molecule has 1 fully saturated rings. The Labute approximate surface area is 169 Å². The minimum atomic E-state index is -0.857. The molecule has 2 unspecified atom stereocenters. The highest BCUT2D eigenvalue weighted by Gasteiger charge is 2.60. The lowest BCUT2D eigenvalue weighted by atomic mass is 9.71. The highest BCUT2D eigenvalue weighted by atomic mass is 16.3. The third kappa shape index (κ3) is 3.09. The van der Waals surface area contributed by atoms with E-state index in [2.05, 4.69) is 12.1 Å². The van der Waals surface area contributed by atoms with E-state index in [9.17, 15) is 5.11 Å². The van der Waals surface area contributed by atoms with Crippen molar-refractivity contribution in [2.45, 2.75) is 30.7 Å². The van der Waals surface area contributed by atoms with E-state index in [4.69, 9.17) is 15.1 Å². The Bertz CT molecular complexity index is 1040. The summed E-state index contributed by atoms with van der Waals surface area (Å²) >= 11 is 0. The molecule has 3 heterocycles. The Kier molecular flexibility index (Phi) is 4.34. The molecule has 5 nitrogen and oxygen atoms in total. The third-order valence-electron chi connectivity index (χ3n) is 5.78. The first-order chi connectivity index (χ1) is 14.1. The molecule has 0 spiro atoms. The molecule has 0 saturated carbocycles. The second kappa shape index (κ2) is 7.03. The standard InChI is InChI=1S/C24H23N3O2/c25-24(15-19-12-7-13-29-19)22-20(14-17-8-3-1-4-9-17)26-21(16-27(22)23(24)28)18-10-5-2-6-11-18/h1-13,16,22-23,28H,14-15,25H2/t22-,23?,24?/m0/s1. The summed E-state index contributed by atoms with van der Waals surface area (Å²) in [6.07, 6.45) is 3.87. The first-order valence-electron chi connectivity index (χ1n) is 9.80. The maximum absolute atomic E-state index is 11.0. The number of aliphatic imine (C=N–C) groups is 1. The molecular formula is C24H23N3O2. The normalized spacial score (nSPS) is 25.7. The summed E-state index contributed by atoms with van der Waals surface area (Å²) in [4.78, 5) is 6.93. The predicted octanol–water partition coefficient (Wildman–Crippen LogP) is 3.22. The Morgan fingerprint density at radius 1 is 1.00 bits per heavy atom. The van der Waals surface area contributed by atoms with Crippen LogP contribution in [-0.2, 0) is 12.8 Å². The highest BCUT2D eigenvalue weighted by Crippen LogP contribution is 2.42. The van der Waals surface area contributed by atoms with Crippen molar-refractivity contribution in [2.75, 3.05) is 0 Å². The zero-order chi connectivity index (χ0) is 19.8. The molecule has 1 aromatic heterocycles. The Hall–Kier alpha value is -3.15. The van der Waals surface area contributed by atoms with Crippen molar-refractivity contribution in [3.8, 4) is 0 Å². The smallest absolute Gasteiger partial charge is 0.148 e. The number of nitrogens with zero attached hydrogens (tertiary/aromatic N) is 2. The summed E-state index contributed by atoms with van der Waals surface area (Å²) < 4.78 is 5.51. The van der Waals surface area contributed by atoms with E-state index >= 15 is 0 Å². The molecule has 2 aliphatic rings. The lowest BCUT2D eigenvalue weighted by Gasteiger charge is -2.60. The fraction of sp³-hybridized carbons (Fsp3) is 0.208. The molecule has 0 amide bonds. The lowest BCUT2D eigenvalue weighted by Crippen LogP contribution is -2.82. The van der Waals surface area contributed by atoms with E-state index in [0.29, 0.717) is 12.8 Å². The number of hydrogen-bond donors (Lipinski definition) is 2. The van der Waals surface area contributed by atoms with Crippen molar-refractivity contribution in [3.05, 3.63) is 102 Å². The van der Waals surface area contributed by atoms with Crippen LogP contribution in [0.5, 0.6) is 0 Å². The van der Waals surface area contributed by atoms with Crippen LogP contribution < -0.4 is 5.73 Å². The number of hydrogen-bond acceptors (Lipinski definition) is 5. The molecule has 5 heteroatoms. The van der Waals surface area contributed by atoms with Crippen molar-refractivity contribution in [3.63, 3.8) is 0 Å². The fourth-order valence-corrected chi connectivity index (χ4v) is 4.36. The summed E-state index contributed by atoms with van der Waals surface area (Å²) in [5.74, 6) is 0.767. The van der Waals surface area contributed by atoms with E-state index in [0.717, 1.165) is 22.7 Å². The number of nitrogens with two attached hydrogens (primary N) is 1. The number of furan rings is 1. The van der Waals surface area contributed by atoms with E-state index < -0.39 is 11.8 Å². The summed E-state index contributed by atoms with van der Waals surface area (Å²) in [5, 5.41) is 11.0. The van der Waals surface area contributed by atoms with E-state index in [1.54, 1.807) is 6.26 Å². The average molecular weight is 385 g/mol. The van der Waals surface area contributed by atoms with Crippen molar-refractivity contribution in [1.82, 2.24) is 4.90 Å². The monoisotopic (exact) mass is 385 g/mol. The van der Waals surface area contributed by atoms with Gasteiger partial charge in [-0.25, -0.2) is 0 Å². The van der Waals surface area contributed by atoms with Gasteiger partial charge in [-0.15, -0.1) is 0 Å². The van der Waals surface area contributed by atoms with E-state index in [1.807, 2.05) is 71.8 Å². The van der Waals surface area contributed by atoms with Crippen LogP contribution >= 0.6 is 0 Å². The minimum absolute atomic E-state index is 0.185. The van der Waals surface area contributed by atoms with Crippen LogP contribution in [0.3, 0.4) is 0 Å². The van der Waals surface area contributed by atoms with Crippen LogP contribution in [0.4, 0.5) is 0 Å². The van der Waals surface area contributed by atoms with Gasteiger partial charge in [-0.1, -0.05) is 60.7 Å². The molecule has 0 aliphatic carbocycles. The molecule has 29 heavy (non-hydrogen) atoms. The van der Waals surface area contributed by atoms with Gasteiger partial charge in [-0.2, -0.15) is 0 Å². The summed E-state index contributed by atoms with van der Waals surface area (Å²) in [6.45, 7) is 0. The molecule has 0 bridgehead atoms. The Balaban J connectivity index is 1.53. The van der Waals surface area contributed by atoms with Gasteiger partial charge in [0.05, 0.1) is 23.5 Å². The number of fused-ring (bicyclic) bond motifs is 1. The second-order valence-corrected chi connectivity index (χ2v) is 7.74. The number of benzene rings is 2. The SMILES string of the molecule is NC1(Cc2ccco2)C(O)N2C=C(c3ccccc3)N=C(Cc3ccccc3)[C@H]21. The van der Waals surface area contributed by atoms with Crippen LogP contribution in [0.2, 0.25) is 0 Å². The van der Waals surface area contributed by atoms with E-state index in [1.165, 1.54) is 5.56 Å². The highest BCUT2D eigenvalue weighted by molar-refractivity contribution is 5.99. The van der Waals surface area contributed by atoms with Gasteiger partial charge in [0.15, 0.2) is 0 Å². The van der Waals surface area contributed by atoms with Crippen molar-refractivity contribution in [1.29, 1.82) is 0 Å². The third-order valence-corrected chi connectivity index (χ3v) is 5.78. The second-order valence-electron chi connectivity index (χ2n) is 7.74. The van der Waals surface area contributed by atoms with Crippen LogP contribution in [-0.4, -0.2) is 33.5 Å². The molecule has 3 N–H and O–H groups in total. The molecule has 1 saturated heterocycles. The van der Waals surface area contributed by atoms with Gasteiger partial charge in [0.25, 0.3) is 0 Å². The maximum Gasteiger partial charge on any atom is 0.148 e. The van der Waals surface area contributed by atoms with Gasteiger partial charge >= 0.3 is 0 Å². The Morgan fingerprint density at radius 2 is 1.72 bits per heavy atom. The molecule has 5 rings (SSSR count). The number of aliphatic hydroxyl groups excluding tert-OH is 1. The average Bonchev–Trinajstić information content (AvgIpc) is 3.27. The summed E-state index contributed by atoms with van der Waals surface area (Å²) in [6, 6.07) is 23.8. The van der Waals surface area contributed by atoms with Crippen LogP contribution in [0, 0.1) is 0 Å². The quantitative estimate of drug-likeness (QED) is 0.707. The van der Waals surface area contributed by atoms with Crippen LogP contribution in [0.25, 0.3) is 5.70 Å². The van der Waals surface area contributed by atoms with Crippen LogP contribution in [0.15, 0.2) is 94.7 Å². The topological polar surface area (TPSA) is 75.0 Å². The van der Waals surface area contributed by atoms with Crippen molar-refractivity contribution in [2.24, 2.45) is 10.7 Å².